The minimum atomic E-state index is 0.493. The molecule has 0 radical (unpaired) electrons. The second-order valence-electron chi connectivity index (χ2n) is 3.50. The fourth-order valence-electron chi connectivity index (χ4n) is 1.19. The van der Waals surface area contributed by atoms with Crippen molar-refractivity contribution in [2.75, 3.05) is 25.6 Å². The first-order valence-corrected chi connectivity index (χ1v) is 5.87. The van der Waals surface area contributed by atoms with Gasteiger partial charge in [0.15, 0.2) is 0 Å². The Labute approximate surface area is 101 Å². The Hall–Kier alpha value is -0.930. The highest BCUT2D eigenvalue weighted by atomic mass is 35.5. The van der Waals surface area contributed by atoms with E-state index in [0.717, 1.165) is 19.4 Å². The van der Waals surface area contributed by atoms with Crippen molar-refractivity contribution in [3.63, 3.8) is 0 Å². The number of benzene rings is 1. The van der Waals surface area contributed by atoms with Crippen LogP contribution in [0, 0.1) is 0 Å². The second kappa shape index (κ2) is 7.36. The van der Waals surface area contributed by atoms with Crippen molar-refractivity contribution in [1.82, 2.24) is 0 Å². The average molecular weight is 244 g/mol. The number of rotatable bonds is 7. The zero-order chi connectivity index (χ0) is 11.8. The first-order chi connectivity index (χ1) is 7.74. The Morgan fingerprint density at radius 3 is 2.81 bits per heavy atom. The molecule has 0 aliphatic heterocycles. The number of halogens is 1. The van der Waals surface area contributed by atoms with Gasteiger partial charge in [-0.1, -0.05) is 24.9 Å². The smallest absolute Gasteiger partial charge is 0.140 e. The van der Waals surface area contributed by atoms with E-state index in [1.165, 1.54) is 0 Å². The molecule has 0 unspecified atom stereocenters. The van der Waals surface area contributed by atoms with E-state index in [4.69, 9.17) is 26.8 Å². The summed E-state index contributed by atoms with van der Waals surface area (Å²) in [4.78, 5) is 0. The number of anilines is 1. The van der Waals surface area contributed by atoms with Crippen LogP contribution in [0.15, 0.2) is 18.2 Å². The maximum absolute atomic E-state index is 5.94. The summed E-state index contributed by atoms with van der Waals surface area (Å²) in [7, 11) is 0. The lowest BCUT2D eigenvalue weighted by molar-refractivity contribution is 0.0981. The first-order valence-electron chi connectivity index (χ1n) is 5.49. The monoisotopic (exact) mass is 243 g/mol. The Morgan fingerprint density at radius 1 is 1.25 bits per heavy atom. The van der Waals surface area contributed by atoms with Crippen molar-refractivity contribution in [2.24, 2.45) is 0 Å². The predicted octanol–water partition coefficient (Wildman–Crippen LogP) is 3.12. The molecule has 1 aromatic carbocycles. The molecule has 0 aliphatic rings. The predicted molar refractivity (Wildman–Crippen MR) is 67.1 cm³/mol. The SMILES string of the molecule is CCCCOCCOc1cc(N)ccc1Cl. The molecule has 0 saturated heterocycles. The summed E-state index contributed by atoms with van der Waals surface area (Å²) in [6.45, 7) is 3.98. The van der Waals surface area contributed by atoms with E-state index in [1.54, 1.807) is 18.2 Å². The third-order valence-electron chi connectivity index (χ3n) is 2.08. The van der Waals surface area contributed by atoms with Crippen molar-refractivity contribution in [2.45, 2.75) is 19.8 Å². The lowest BCUT2D eigenvalue weighted by Gasteiger charge is -2.09. The van der Waals surface area contributed by atoms with Gasteiger partial charge >= 0.3 is 0 Å². The fourth-order valence-corrected chi connectivity index (χ4v) is 1.36. The highest BCUT2D eigenvalue weighted by Gasteiger charge is 2.01. The van der Waals surface area contributed by atoms with Gasteiger partial charge in [0.2, 0.25) is 0 Å². The summed E-state index contributed by atoms with van der Waals surface area (Å²) in [5.41, 5.74) is 6.27. The topological polar surface area (TPSA) is 44.5 Å². The van der Waals surface area contributed by atoms with Crippen LogP contribution in [0.4, 0.5) is 5.69 Å². The average Bonchev–Trinajstić information content (AvgIpc) is 2.28. The summed E-state index contributed by atoms with van der Waals surface area (Å²) in [5, 5.41) is 0.572. The second-order valence-corrected chi connectivity index (χ2v) is 3.91. The lowest BCUT2D eigenvalue weighted by atomic mass is 10.3. The van der Waals surface area contributed by atoms with Crippen LogP contribution in [-0.4, -0.2) is 19.8 Å². The molecule has 0 saturated carbocycles. The fraction of sp³-hybridized carbons (Fsp3) is 0.500. The van der Waals surface area contributed by atoms with Gasteiger partial charge in [0.1, 0.15) is 12.4 Å². The molecular formula is C12H18ClNO2. The Balaban J connectivity index is 2.23. The summed E-state index contributed by atoms with van der Waals surface area (Å²) in [6.07, 6.45) is 2.22. The molecule has 16 heavy (non-hydrogen) atoms. The molecule has 0 fully saturated rings. The van der Waals surface area contributed by atoms with E-state index >= 15 is 0 Å². The van der Waals surface area contributed by atoms with Crippen LogP contribution in [0.2, 0.25) is 5.02 Å². The van der Waals surface area contributed by atoms with Gasteiger partial charge in [-0.3, -0.25) is 0 Å². The van der Waals surface area contributed by atoms with E-state index in [0.29, 0.717) is 29.7 Å². The molecule has 0 spiro atoms. The van der Waals surface area contributed by atoms with Crippen LogP contribution in [0.5, 0.6) is 5.75 Å². The molecule has 0 aromatic heterocycles. The molecular weight excluding hydrogens is 226 g/mol. The van der Waals surface area contributed by atoms with Crippen molar-refractivity contribution in [3.05, 3.63) is 23.2 Å². The van der Waals surface area contributed by atoms with Crippen LogP contribution >= 0.6 is 11.6 Å². The molecule has 90 valence electrons. The molecule has 0 aliphatic carbocycles. The Morgan fingerprint density at radius 2 is 2.06 bits per heavy atom. The number of hydrogen-bond donors (Lipinski definition) is 1. The molecule has 1 aromatic rings. The molecule has 3 nitrogen and oxygen atoms in total. The highest BCUT2D eigenvalue weighted by Crippen LogP contribution is 2.26. The van der Waals surface area contributed by atoms with Crippen LogP contribution in [0.1, 0.15) is 19.8 Å². The quantitative estimate of drug-likeness (QED) is 0.591. The standard InChI is InChI=1S/C12H18ClNO2/c1-2-3-6-15-7-8-16-12-9-10(14)4-5-11(12)13/h4-5,9H,2-3,6-8,14H2,1H3. The molecule has 0 bridgehead atoms. The molecule has 4 heteroatoms. The Bertz CT molecular complexity index is 318. The summed E-state index contributed by atoms with van der Waals surface area (Å²) < 4.78 is 10.8. The van der Waals surface area contributed by atoms with E-state index in [9.17, 15) is 0 Å². The number of nitrogen functional groups attached to an aromatic ring is 1. The van der Waals surface area contributed by atoms with E-state index < -0.39 is 0 Å². The molecule has 0 heterocycles. The van der Waals surface area contributed by atoms with Crippen LogP contribution in [-0.2, 0) is 4.74 Å². The van der Waals surface area contributed by atoms with Crippen molar-refractivity contribution in [1.29, 1.82) is 0 Å². The van der Waals surface area contributed by atoms with Crippen LogP contribution in [0.25, 0.3) is 0 Å². The number of unbranched alkanes of at least 4 members (excludes halogenated alkanes) is 1. The third-order valence-corrected chi connectivity index (χ3v) is 2.39. The molecule has 0 atom stereocenters. The largest absolute Gasteiger partial charge is 0.490 e. The summed E-state index contributed by atoms with van der Waals surface area (Å²) in [5.74, 6) is 0.612. The van der Waals surface area contributed by atoms with Crippen molar-refractivity contribution < 1.29 is 9.47 Å². The van der Waals surface area contributed by atoms with E-state index in [-0.39, 0.29) is 0 Å². The minimum Gasteiger partial charge on any atom is -0.490 e. The number of nitrogens with two attached hydrogens (primary N) is 1. The van der Waals surface area contributed by atoms with Gasteiger partial charge in [-0.25, -0.2) is 0 Å². The normalized spacial score (nSPS) is 10.4. The minimum absolute atomic E-state index is 0.493. The highest BCUT2D eigenvalue weighted by molar-refractivity contribution is 6.32. The van der Waals surface area contributed by atoms with Gasteiger partial charge in [-0.05, 0) is 18.6 Å². The van der Waals surface area contributed by atoms with Crippen molar-refractivity contribution in [3.8, 4) is 5.75 Å². The van der Waals surface area contributed by atoms with Gasteiger partial charge < -0.3 is 15.2 Å². The maximum Gasteiger partial charge on any atom is 0.140 e. The van der Waals surface area contributed by atoms with Gasteiger partial charge in [-0.2, -0.15) is 0 Å². The van der Waals surface area contributed by atoms with Crippen LogP contribution < -0.4 is 10.5 Å². The Kier molecular flexibility index (Phi) is 6.04. The number of ether oxygens (including phenoxy) is 2. The van der Waals surface area contributed by atoms with E-state index in [2.05, 4.69) is 6.92 Å². The van der Waals surface area contributed by atoms with Gasteiger partial charge in [0.25, 0.3) is 0 Å². The number of hydrogen-bond acceptors (Lipinski definition) is 3. The van der Waals surface area contributed by atoms with Gasteiger partial charge in [0, 0.05) is 18.4 Å². The summed E-state index contributed by atoms with van der Waals surface area (Å²) in [6, 6.07) is 5.19. The zero-order valence-corrected chi connectivity index (χ0v) is 10.3. The molecule has 0 amide bonds. The first kappa shape index (κ1) is 13.1. The molecule has 1 rings (SSSR count). The van der Waals surface area contributed by atoms with Crippen molar-refractivity contribution >= 4 is 17.3 Å². The third kappa shape index (κ3) is 4.73. The zero-order valence-electron chi connectivity index (χ0n) is 9.54. The van der Waals surface area contributed by atoms with Crippen LogP contribution in [0.3, 0.4) is 0 Å². The van der Waals surface area contributed by atoms with E-state index in [1.807, 2.05) is 0 Å². The molecule has 2 N–H and O–H groups in total. The maximum atomic E-state index is 5.94. The lowest BCUT2D eigenvalue weighted by Crippen LogP contribution is -2.07. The van der Waals surface area contributed by atoms with Gasteiger partial charge in [-0.15, -0.1) is 0 Å². The van der Waals surface area contributed by atoms with Gasteiger partial charge in [0.05, 0.1) is 11.6 Å². The summed E-state index contributed by atoms with van der Waals surface area (Å²) >= 11 is 5.94.